The Morgan fingerprint density at radius 1 is 1.10 bits per heavy atom. The van der Waals surface area contributed by atoms with E-state index in [1.807, 2.05) is 37.4 Å². The average molecular weight is 286 g/mol. The van der Waals surface area contributed by atoms with Crippen LogP contribution in [0.1, 0.15) is 22.9 Å². The summed E-state index contributed by atoms with van der Waals surface area (Å²) in [6.07, 6.45) is 0. The van der Waals surface area contributed by atoms with E-state index in [1.54, 1.807) is 0 Å². The van der Waals surface area contributed by atoms with E-state index in [9.17, 15) is 0 Å². The minimum atomic E-state index is 0.0439. The molecule has 0 aliphatic heterocycles. The molecule has 0 bridgehead atoms. The van der Waals surface area contributed by atoms with Gasteiger partial charge in [-0.25, -0.2) is 0 Å². The number of hydrogen-bond donors (Lipinski definition) is 1. The second-order valence-electron chi connectivity index (χ2n) is 4.91. The van der Waals surface area contributed by atoms with Crippen LogP contribution in [0.15, 0.2) is 52.9 Å². The van der Waals surface area contributed by atoms with Crippen LogP contribution in [0, 0.1) is 6.92 Å². The Bertz CT molecular complexity index is 748. The summed E-state index contributed by atoms with van der Waals surface area (Å²) in [5.41, 5.74) is 3.32. The number of nitrogens with one attached hydrogen (secondary N) is 1. The van der Waals surface area contributed by atoms with Gasteiger partial charge in [0.05, 0.1) is 6.04 Å². The standard InChI is InChI=1S/C17H16ClNO/c1-11-5-3-4-6-14(11)17(19-2)16-10-12-9-13(18)7-8-15(12)20-16/h3-10,17,19H,1-2H3. The maximum absolute atomic E-state index is 6.03. The summed E-state index contributed by atoms with van der Waals surface area (Å²) in [7, 11) is 1.94. The van der Waals surface area contributed by atoms with Crippen LogP contribution >= 0.6 is 11.6 Å². The molecule has 3 aromatic rings. The molecule has 1 unspecified atom stereocenters. The van der Waals surface area contributed by atoms with Crippen molar-refractivity contribution in [3.05, 3.63) is 70.4 Å². The van der Waals surface area contributed by atoms with Gasteiger partial charge in [0.25, 0.3) is 0 Å². The summed E-state index contributed by atoms with van der Waals surface area (Å²) in [5.74, 6) is 0.902. The first kappa shape index (κ1) is 13.2. The van der Waals surface area contributed by atoms with Crippen molar-refractivity contribution in [1.82, 2.24) is 5.32 Å². The lowest BCUT2D eigenvalue weighted by Crippen LogP contribution is -2.17. The highest BCUT2D eigenvalue weighted by atomic mass is 35.5. The van der Waals surface area contributed by atoms with Crippen molar-refractivity contribution in [3.8, 4) is 0 Å². The van der Waals surface area contributed by atoms with Crippen LogP contribution in [0.3, 0.4) is 0 Å². The molecule has 0 radical (unpaired) electrons. The van der Waals surface area contributed by atoms with Crippen LogP contribution in [0.2, 0.25) is 5.02 Å². The molecule has 0 aliphatic rings. The molecule has 0 saturated heterocycles. The molecular formula is C17H16ClNO. The van der Waals surface area contributed by atoms with Crippen molar-refractivity contribution in [2.45, 2.75) is 13.0 Å². The fourth-order valence-electron chi connectivity index (χ4n) is 2.54. The number of halogens is 1. The van der Waals surface area contributed by atoms with E-state index in [4.69, 9.17) is 16.0 Å². The lowest BCUT2D eigenvalue weighted by atomic mass is 9.99. The van der Waals surface area contributed by atoms with Crippen LogP contribution in [-0.2, 0) is 0 Å². The van der Waals surface area contributed by atoms with E-state index in [0.29, 0.717) is 0 Å². The van der Waals surface area contributed by atoms with Crippen LogP contribution in [0.4, 0.5) is 0 Å². The Balaban J connectivity index is 2.10. The summed E-state index contributed by atoms with van der Waals surface area (Å²) < 4.78 is 5.96. The topological polar surface area (TPSA) is 25.2 Å². The first-order valence-electron chi connectivity index (χ1n) is 6.61. The number of hydrogen-bond acceptors (Lipinski definition) is 2. The SMILES string of the molecule is CNC(c1cc2cc(Cl)ccc2o1)c1ccccc1C. The zero-order valence-corrected chi connectivity index (χ0v) is 12.2. The molecule has 1 N–H and O–H groups in total. The highest BCUT2D eigenvalue weighted by Gasteiger charge is 2.18. The summed E-state index contributed by atoms with van der Waals surface area (Å²) in [5, 5.41) is 5.08. The molecule has 3 heteroatoms. The summed E-state index contributed by atoms with van der Waals surface area (Å²) >= 11 is 6.03. The zero-order chi connectivity index (χ0) is 14.1. The van der Waals surface area contributed by atoms with Gasteiger partial charge in [0, 0.05) is 10.4 Å². The fourth-order valence-corrected chi connectivity index (χ4v) is 2.72. The molecule has 1 heterocycles. The Labute approximate surface area is 123 Å². The molecule has 20 heavy (non-hydrogen) atoms. The van der Waals surface area contributed by atoms with Crippen LogP contribution in [0.5, 0.6) is 0 Å². The molecule has 0 spiro atoms. The van der Waals surface area contributed by atoms with Crippen molar-refractivity contribution in [3.63, 3.8) is 0 Å². The van der Waals surface area contributed by atoms with E-state index in [-0.39, 0.29) is 6.04 Å². The third kappa shape index (κ3) is 2.33. The number of furan rings is 1. The minimum absolute atomic E-state index is 0.0439. The summed E-state index contributed by atoms with van der Waals surface area (Å²) in [4.78, 5) is 0. The van der Waals surface area contributed by atoms with Crippen molar-refractivity contribution in [1.29, 1.82) is 0 Å². The van der Waals surface area contributed by atoms with Crippen LogP contribution in [0.25, 0.3) is 11.0 Å². The van der Waals surface area contributed by atoms with Gasteiger partial charge in [0.2, 0.25) is 0 Å². The Hall–Kier alpha value is -1.77. The van der Waals surface area contributed by atoms with Crippen molar-refractivity contribution >= 4 is 22.6 Å². The van der Waals surface area contributed by atoms with E-state index in [1.165, 1.54) is 11.1 Å². The fraction of sp³-hybridized carbons (Fsp3) is 0.176. The second-order valence-corrected chi connectivity index (χ2v) is 5.35. The van der Waals surface area contributed by atoms with Gasteiger partial charge in [-0.1, -0.05) is 35.9 Å². The molecule has 0 saturated carbocycles. The number of rotatable bonds is 3. The first-order chi connectivity index (χ1) is 9.69. The second kappa shape index (κ2) is 5.31. The van der Waals surface area contributed by atoms with Crippen molar-refractivity contribution in [2.75, 3.05) is 7.05 Å². The van der Waals surface area contributed by atoms with Gasteiger partial charge >= 0.3 is 0 Å². The molecule has 0 amide bonds. The summed E-state index contributed by atoms with van der Waals surface area (Å²) in [6.45, 7) is 2.11. The molecule has 1 aromatic heterocycles. The summed E-state index contributed by atoms with van der Waals surface area (Å²) in [6, 6.07) is 16.1. The van der Waals surface area contributed by atoms with E-state index in [0.717, 1.165) is 21.8 Å². The highest BCUT2D eigenvalue weighted by molar-refractivity contribution is 6.31. The number of benzene rings is 2. The molecule has 0 fully saturated rings. The third-order valence-electron chi connectivity index (χ3n) is 3.57. The van der Waals surface area contributed by atoms with Gasteiger partial charge in [-0.2, -0.15) is 0 Å². The molecule has 1 atom stereocenters. The van der Waals surface area contributed by atoms with Crippen molar-refractivity contribution < 1.29 is 4.42 Å². The normalized spacial score (nSPS) is 12.8. The predicted molar refractivity (Wildman–Crippen MR) is 83.3 cm³/mol. The molecule has 102 valence electrons. The quantitative estimate of drug-likeness (QED) is 0.754. The van der Waals surface area contributed by atoms with Crippen LogP contribution < -0.4 is 5.32 Å². The predicted octanol–water partition coefficient (Wildman–Crippen LogP) is 4.70. The Morgan fingerprint density at radius 3 is 2.65 bits per heavy atom. The van der Waals surface area contributed by atoms with Gasteiger partial charge in [-0.05, 0) is 49.4 Å². The minimum Gasteiger partial charge on any atom is -0.459 e. The monoisotopic (exact) mass is 285 g/mol. The maximum atomic E-state index is 6.03. The molecule has 0 aliphatic carbocycles. The Morgan fingerprint density at radius 2 is 1.90 bits per heavy atom. The van der Waals surface area contributed by atoms with Gasteiger partial charge in [0.15, 0.2) is 0 Å². The highest BCUT2D eigenvalue weighted by Crippen LogP contribution is 2.30. The smallest absolute Gasteiger partial charge is 0.134 e. The van der Waals surface area contributed by atoms with E-state index in [2.05, 4.69) is 30.4 Å². The molecule has 2 nitrogen and oxygen atoms in total. The first-order valence-corrected chi connectivity index (χ1v) is 6.98. The molecular weight excluding hydrogens is 270 g/mol. The number of aryl methyl sites for hydroxylation is 1. The van der Waals surface area contributed by atoms with Crippen LogP contribution in [-0.4, -0.2) is 7.05 Å². The van der Waals surface area contributed by atoms with E-state index < -0.39 is 0 Å². The Kier molecular flexibility index (Phi) is 3.51. The van der Waals surface area contributed by atoms with Crippen molar-refractivity contribution in [2.24, 2.45) is 0 Å². The van der Waals surface area contributed by atoms with Gasteiger partial charge in [-0.3, -0.25) is 0 Å². The third-order valence-corrected chi connectivity index (χ3v) is 3.81. The van der Waals surface area contributed by atoms with Gasteiger partial charge < -0.3 is 9.73 Å². The van der Waals surface area contributed by atoms with Gasteiger partial charge in [-0.15, -0.1) is 0 Å². The lowest BCUT2D eigenvalue weighted by molar-refractivity contribution is 0.490. The molecule has 2 aromatic carbocycles. The number of fused-ring (bicyclic) bond motifs is 1. The molecule has 3 rings (SSSR count). The largest absolute Gasteiger partial charge is 0.459 e. The van der Waals surface area contributed by atoms with Gasteiger partial charge in [0.1, 0.15) is 11.3 Å². The maximum Gasteiger partial charge on any atom is 0.134 e. The lowest BCUT2D eigenvalue weighted by Gasteiger charge is -2.16. The van der Waals surface area contributed by atoms with E-state index >= 15 is 0 Å². The zero-order valence-electron chi connectivity index (χ0n) is 11.5. The average Bonchev–Trinajstić information content (AvgIpc) is 2.84.